The average Bonchev–Trinajstić information content (AvgIpc) is 2.90. The molecule has 1 aliphatic rings. The lowest BCUT2D eigenvalue weighted by atomic mass is 9.98. The number of aromatic nitrogens is 2. The highest BCUT2D eigenvalue weighted by Gasteiger charge is 2.20. The maximum atomic E-state index is 4.86. The highest BCUT2D eigenvalue weighted by atomic mass is 15.0. The largest absolute Gasteiger partial charge is 0.340 e. The molecule has 1 aliphatic heterocycles. The summed E-state index contributed by atoms with van der Waals surface area (Å²) in [7, 11) is 0. The monoisotopic (exact) mass is 292 g/mol. The molecule has 0 bridgehead atoms. The topological polar surface area (TPSA) is 17.8 Å². The fourth-order valence-corrected chi connectivity index (χ4v) is 3.99. The maximum absolute atomic E-state index is 4.86. The molecular formula is C20H24N2. The van der Waals surface area contributed by atoms with Crippen LogP contribution in [0.4, 0.5) is 0 Å². The van der Waals surface area contributed by atoms with Gasteiger partial charge in [0.1, 0.15) is 0 Å². The van der Waals surface area contributed by atoms with Gasteiger partial charge in [-0.1, -0.05) is 44.4 Å². The molecular weight excluding hydrogens is 268 g/mol. The molecule has 114 valence electrons. The summed E-state index contributed by atoms with van der Waals surface area (Å²) in [5.74, 6) is 0. The van der Waals surface area contributed by atoms with Crippen LogP contribution in [-0.2, 0) is 19.4 Å². The number of pyridine rings is 1. The average molecular weight is 292 g/mol. The Hall–Kier alpha value is -1.83. The van der Waals surface area contributed by atoms with E-state index < -0.39 is 0 Å². The number of aryl methyl sites for hydroxylation is 3. The van der Waals surface area contributed by atoms with E-state index in [2.05, 4.69) is 42.0 Å². The molecule has 0 fully saturated rings. The molecule has 0 amide bonds. The summed E-state index contributed by atoms with van der Waals surface area (Å²) in [6, 6.07) is 8.79. The quantitative estimate of drug-likeness (QED) is 0.587. The molecule has 2 aromatic heterocycles. The predicted octanol–water partition coefficient (Wildman–Crippen LogP) is 5.26. The second-order valence-electron chi connectivity index (χ2n) is 6.53. The Morgan fingerprint density at radius 3 is 2.91 bits per heavy atom. The molecule has 0 aliphatic carbocycles. The summed E-state index contributed by atoms with van der Waals surface area (Å²) in [5.41, 5.74) is 5.72. The first-order valence-corrected chi connectivity index (χ1v) is 8.78. The summed E-state index contributed by atoms with van der Waals surface area (Å²) in [5, 5.41) is 2.72. The fourth-order valence-electron chi connectivity index (χ4n) is 3.99. The Morgan fingerprint density at radius 1 is 1.09 bits per heavy atom. The molecule has 3 heterocycles. The summed E-state index contributed by atoms with van der Waals surface area (Å²) in [6.45, 7) is 3.42. The SMILES string of the molecule is CCCCCCc1ncc2c3ccccc3n3c2c1CCC3. The molecule has 0 atom stereocenters. The van der Waals surface area contributed by atoms with E-state index in [1.807, 2.05) is 0 Å². The number of fused-ring (bicyclic) bond motifs is 3. The summed E-state index contributed by atoms with van der Waals surface area (Å²) >= 11 is 0. The zero-order valence-electron chi connectivity index (χ0n) is 13.4. The van der Waals surface area contributed by atoms with Crippen molar-refractivity contribution in [3.8, 4) is 0 Å². The first kappa shape index (κ1) is 13.8. The lowest BCUT2D eigenvalue weighted by Crippen LogP contribution is -2.10. The van der Waals surface area contributed by atoms with Crippen molar-refractivity contribution in [2.45, 2.75) is 58.4 Å². The van der Waals surface area contributed by atoms with Gasteiger partial charge in [0, 0.05) is 34.7 Å². The third-order valence-electron chi connectivity index (χ3n) is 5.07. The van der Waals surface area contributed by atoms with Gasteiger partial charge in [0.25, 0.3) is 0 Å². The molecule has 3 aromatic rings. The number of nitrogens with zero attached hydrogens (tertiary/aromatic N) is 2. The summed E-state index contributed by atoms with van der Waals surface area (Å²) < 4.78 is 2.53. The number of hydrogen-bond donors (Lipinski definition) is 0. The van der Waals surface area contributed by atoms with E-state index in [4.69, 9.17) is 4.98 Å². The smallest absolute Gasteiger partial charge is 0.0557 e. The highest BCUT2D eigenvalue weighted by molar-refractivity contribution is 6.09. The third kappa shape index (κ3) is 2.13. The Morgan fingerprint density at radius 2 is 2.00 bits per heavy atom. The molecule has 0 saturated heterocycles. The fraction of sp³-hybridized carbons (Fsp3) is 0.450. The van der Waals surface area contributed by atoms with Crippen LogP contribution in [0.1, 0.15) is 50.3 Å². The Bertz CT molecular complexity index is 813. The van der Waals surface area contributed by atoms with Crippen molar-refractivity contribution in [1.29, 1.82) is 0 Å². The van der Waals surface area contributed by atoms with Crippen LogP contribution in [0.25, 0.3) is 21.8 Å². The van der Waals surface area contributed by atoms with Crippen molar-refractivity contribution in [3.05, 3.63) is 41.7 Å². The van der Waals surface area contributed by atoms with Gasteiger partial charge >= 0.3 is 0 Å². The van der Waals surface area contributed by atoms with Crippen LogP contribution in [0.2, 0.25) is 0 Å². The second kappa shape index (κ2) is 5.75. The van der Waals surface area contributed by atoms with Gasteiger partial charge in [-0.25, -0.2) is 0 Å². The normalized spacial score (nSPS) is 14.0. The van der Waals surface area contributed by atoms with Crippen molar-refractivity contribution in [2.24, 2.45) is 0 Å². The minimum atomic E-state index is 1.15. The number of rotatable bonds is 5. The van der Waals surface area contributed by atoms with Crippen LogP contribution in [0, 0.1) is 0 Å². The van der Waals surface area contributed by atoms with Crippen molar-refractivity contribution in [1.82, 2.24) is 9.55 Å². The molecule has 2 heteroatoms. The molecule has 2 nitrogen and oxygen atoms in total. The van der Waals surface area contributed by atoms with Crippen LogP contribution in [0.3, 0.4) is 0 Å². The van der Waals surface area contributed by atoms with Gasteiger partial charge in [-0.05, 0) is 37.3 Å². The van der Waals surface area contributed by atoms with Gasteiger partial charge in [0.05, 0.1) is 5.52 Å². The zero-order valence-corrected chi connectivity index (χ0v) is 13.4. The molecule has 4 rings (SSSR count). The molecule has 0 unspecified atom stereocenters. The molecule has 22 heavy (non-hydrogen) atoms. The number of benzene rings is 1. The molecule has 0 spiro atoms. The molecule has 0 saturated carbocycles. The van der Waals surface area contributed by atoms with Crippen molar-refractivity contribution in [2.75, 3.05) is 0 Å². The van der Waals surface area contributed by atoms with E-state index in [1.165, 1.54) is 71.6 Å². The molecule has 0 radical (unpaired) electrons. The maximum Gasteiger partial charge on any atom is 0.0557 e. The van der Waals surface area contributed by atoms with E-state index in [9.17, 15) is 0 Å². The van der Waals surface area contributed by atoms with Gasteiger partial charge in [-0.3, -0.25) is 4.98 Å². The van der Waals surface area contributed by atoms with Crippen molar-refractivity contribution in [3.63, 3.8) is 0 Å². The number of hydrogen-bond acceptors (Lipinski definition) is 1. The third-order valence-corrected chi connectivity index (χ3v) is 5.07. The lowest BCUT2D eigenvalue weighted by molar-refractivity contribution is 0.629. The van der Waals surface area contributed by atoms with Crippen LogP contribution in [0.15, 0.2) is 30.5 Å². The number of para-hydroxylation sites is 1. The van der Waals surface area contributed by atoms with Crippen LogP contribution in [0.5, 0.6) is 0 Å². The van der Waals surface area contributed by atoms with Crippen LogP contribution >= 0.6 is 0 Å². The van der Waals surface area contributed by atoms with E-state index in [0.717, 1.165) is 13.0 Å². The van der Waals surface area contributed by atoms with Crippen molar-refractivity contribution < 1.29 is 0 Å². The van der Waals surface area contributed by atoms with E-state index in [0.29, 0.717) is 0 Å². The van der Waals surface area contributed by atoms with E-state index in [1.54, 1.807) is 0 Å². The number of unbranched alkanes of at least 4 members (excludes halogenated alkanes) is 3. The minimum Gasteiger partial charge on any atom is -0.340 e. The van der Waals surface area contributed by atoms with Crippen LogP contribution in [-0.4, -0.2) is 9.55 Å². The van der Waals surface area contributed by atoms with Crippen LogP contribution < -0.4 is 0 Å². The highest BCUT2D eigenvalue weighted by Crippen LogP contribution is 2.35. The van der Waals surface area contributed by atoms with E-state index >= 15 is 0 Å². The molecule has 1 aromatic carbocycles. The van der Waals surface area contributed by atoms with Gasteiger partial charge in [-0.2, -0.15) is 0 Å². The Balaban J connectivity index is 1.82. The minimum absolute atomic E-state index is 1.15. The zero-order chi connectivity index (χ0) is 14.9. The Labute approximate surface area is 132 Å². The predicted molar refractivity (Wildman–Crippen MR) is 93.4 cm³/mol. The van der Waals surface area contributed by atoms with Gasteiger partial charge in [0.2, 0.25) is 0 Å². The standard InChI is InChI=1S/C20H24N2/c1-2-3-4-5-11-18-16-10-8-13-22-19-12-7-6-9-15(19)17(14-21-18)20(16)22/h6-7,9,12,14H,2-5,8,10-11,13H2,1H3. The van der Waals surface area contributed by atoms with Gasteiger partial charge in [0.15, 0.2) is 0 Å². The van der Waals surface area contributed by atoms with Crippen molar-refractivity contribution >= 4 is 21.8 Å². The summed E-state index contributed by atoms with van der Waals surface area (Å²) in [6.07, 6.45) is 11.0. The molecule has 0 N–H and O–H groups in total. The van der Waals surface area contributed by atoms with Gasteiger partial charge < -0.3 is 4.57 Å². The Kier molecular flexibility index (Phi) is 3.61. The second-order valence-corrected chi connectivity index (χ2v) is 6.53. The van der Waals surface area contributed by atoms with Gasteiger partial charge in [-0.15, -0.1) is 0 Å². The van der Waals surface area contributed by atoms with E-state index in [-0.39, 0.29) is 0 Å². The lowest BCUT2D eigenvalue weighted by Gasteiger charge is -2.19. The summed E-state index contributed by atoms with van der Waals surface area (Å²) in [4.78, 5) is 4.86. The first-order valence-electron chi connectivity index (χ1n) is 8.78. The first-order chi connectivity index (χ1) is 10.9.